The van der Waals surface area contributed by atoms with Crippen LogP contribution in [0.5, 0.6) is 0 Å². The van der Waals surface area contributed by atoms with Gasteiger partial charge in [0.1, 0.15) is 6.61 Å². The second-order valence-corrected chi connectivity index (χ2v) is 18.1. The maximum atomic E-state index is 12.8. The number of hydrogen-bond acceptors (Lipinski definition) is 5. The minimum Gasteiger partial charge on any atom is -0.462 e. The molecule has 0 aromatic rings. The molecule has 0 N–H and O–H groups in total. The molecule has 0 radical (unpaired) electrons. The van der Waals surface area contributed by atoms with E-state index in [0.29, 0.717) is 19.4 Å². The lowest BCUT2D eigenvalue weighted by Gasteiger charge is -2.18. The van der Waals surface area contributed by atoms with Crippen molar-refractivity contribution in [1.29, 1.82) is 0 Å². The molecule has 0 amide bonds. The Labute approximate surface area is 409 Å². The van der Waals surface area contributed by atoms with Gasteiger partial charge < -0.3 is 14.2 Å². The third-order valence-corrected chi connectivity index (χ3v) is 11.6. The highest BCUT2D eigenvalue weighted by Crippen LogP contribution is 2.14. The van der Waals surface area contributed by atoms with E-state index < -0.39 is 6.10 Å². The molecule has 0 aromatic carbocycles. The molecule has 0 heterocycles. The van der Waals surface area contributed by atoms with Gasteiger partial charge in [0.2, 0.25) is 0 Å². The predicted molar refractivity (Wildman–Crippen MR) is 288 cm³/mol. The largest absolute Gasteiger partial charge is 0.462 e. The zero-order valence-electron chi connectivity index (χ0n) is 43.4. The van der Waals surface area contributed by atoms with E-state index in [1.165, 1.54) is 116 Å². The lowest BCUT2D eigenvalue weighted by molar-refractivity contribution is -0.163. The van der Waals surface area contributed by atoms with Crippen LogP contribution in [0.15, 0.2) is 97.2 Å². The maximum absolute atomic E-state index is 12.8. The molecule has 0 aliphatic carbocycles. The molecule has 1 atom stereocenters. The Morgan fingerprint density at radius 3 is 1.11 bits per heavy atom. The lowest BCUT2D eigenvalue weighted by atomic mass is 10.1. The zero-order valence-corrected chi connectivity index (χ0v) is 43.4. The Hall–Kier alpha value is -3.18. The van der Waals surface area contributed by atoms with Crippen molar-refractivity contribution in [2.45, 2.75) is 258 Å². The first-order valence-electron chi connectivity index (χ1n) is 27.8. The molecule has 0 saturated carbocycles. The van der Waals surface area contributed by atoms with Crippen LogP contribution in [0, 0.1) is 0 Å². The van der Waals surface area contributed by atoms with Crippen LogP contribution in [0.3, 0.4) is 0 Å². The summed E-state index contributed by atoms with van der Waals surface area (Å²) in [4.78, 5) is 25.5. The van der Waals surface area contributed by atoms with Gasteiger partial charge in [0.05, 0.1) is 6.61 Å². The summed E-state index contributed by atoms with van der Waals surface area (Å²) < 4.78 is 17.4. The number of unbranched alkanes of at least 4 members (excludes halogenated alkanes) is 23. The molecule has 378 valence electrons. The van der Waals surface area contributed by atoms with E-state index in [4.69, 9.17) is 14.2 Å². The van der Waals surface area contributed by atoms with Crippen molar-refractivity contribution in [2.75, 3.05) is 19.8 Å². The molecular formula is C61H104O5. The molecule has 5 heteroatoms. The Morgan fingerprint density at radius 1 is 0.348 bits per heavy atom. The number of ether oxygens (including phenoxy) is 3. The summed E-state index contributed by atoms with van der Waals surface area (Å²) in [7, 11) is 0. The van der Waals surface area contributed by atoms with Crippen LogP contribution < -0.4 is 0 Å². The molecule has 0 saturated heterocycles. The van der Waals surface area contributed by atoms with Gasteiger partial charge >= 0.3 is 11.9 Å². The van der Waals surface area contributed by atoms with E-state index in [2.05, 4.69) is 118 Å². The molecule has 0 aliphatic rings. The Kier molecular flexibility index (Phi) is 53.4. The smallest absolute Gasteiger partial charge is 0.306 e. The average molecular weight is 917 g/mol. The Morgan fingerprint density at radius 2 is 0.682 bits per heavy atom. The van der Waals surface area contributed by atoms with Gasteiger partial charge in [-0.2, -0.15) is 0 Å². The minimum atomic E-state index is -0.563. The summed E-state index contributed by atoms with van der Waals surface area (Å²) >= 11 is 0. The van der Waals surface area contributed by atoms with E-state index in [9.17, 15) is 9.59 Å². The number of carbonyl (C=O) groups excluding carboxylic acids is 2. The van der Waals surface area contributed by atoms with Crippen molar-refractivity contribution < 1.29 is 23.8 Å². The minimum absolute atomic E-state index is 0.0639. The van der Waals surface area contributed by atoms with E-state index >= 15 is 0 Å². The summed E-state index contributed by atoms with van der Waals surface area (Å²) in [6.07, 6.45) is 75.7. The molecule has 0 spiro atoms. The van der Waals surface area contributed by atoms with Crippen LogP contribution in [-0.4, -0.2) is 37.9 Å². The standard InChI is InChI=1S/C61H104O5/c1-4-7-10-13-16-19-22-25-27-29-31-32-34-37-39-42-45-48-51-54-60(62)65-58-59(66-61(63)55-52-49-46-43-40-36-24-21-18-15-12-9-6-3)57-64-56-53-50-47-44-41-38-35-33-30-28-26-23-20-17-14-11-8-5-2/h8-9,11-12,16-21,25-28,36,40,59H,4-7,10,13-15,22-24,29-35,37-39,41-58H2,1-3H3/b11-8-,12-9-,19-16-,20-17-,21-18-,27-25-,28-26-,40-36-. The fourth-order valence-corrected chi connectivity index (χ4v) is 7.51. The van der Waals surface area contributed by atoms with Crippen LogP contribution in [0.25, 0.3) is 0 Å². The lowest BCUT2D eigenvalue weighted by Crippen LogP contribution is -2.30. The summed E-state index contributed by atoms with van der Waals surface area (Å²) in [5.74, 6) is -0.439. The molecule has 0 bridgehead atoms. The summed E-state index contributed by atoms with van der Waals surface area (Å²) in [6, 6.07) is 0. The summed E-state index contributed by atoms with van der Waals surface area (Å²) in [5, 5.41) is 0. The number of hydrogen-bond donors (Lipinski definition) is 0. The highest BCUT2D eigenvalue weighted by Gasteiger charge is 2.17. The van der Waals surface area contributed by atoms with Gasteiger partial charge in [-0.15, -0.1) is 0 Å². The molecule has 0 aliphatic heterocycles. The van der Waals surface area contributed by atoms with Crippen molar-refractivity contribution in [3.8, 4) is 0 Å². The number of carbonyl (C=O) groups is 2. The fourth-order valence-electron chi connectivity index (χ4n) is 7.51. The first-order valence-corrected chi connectivity index (χ1v) is 27.8. The molecule has 0 aromatic heterocycles. The molecule has 5 nitrogen and oxygen atoms in total. The highest BCUT2D eigenvalue weighted by atomic mass is 16.6. The Bertz CT molecular complexity index is 1270. The molecule has 0 rings (SSSR count). The van der Waals surface area contributed by atoms with Gasteiger partial charge in [-0.1, -0.05) is 221 Å². The highest BCUT2D eigenvalue weighted by molar-refractivity contribution is 5.70. The van der Waals surface area contributed by atoms with E-state index in [1.54, 1.807) is 0 Å². The zero-order chi connectivity index (χ0) is 47.7. The Balaban J connectivity index is 4.30. The molecule has 66 heavy (non-hydrogen) atoms. The third-order valence-electron chi connectivity index (χ3n) is 11.6. The monoisotopic (exact) mass is 917 g/mol. The van der Waals surface area contributed by atoms with Gasteiger partial charge in [-0.25, -0.2) is 0 Å². The van der Waals surface area contributed by atoms with Gasteiger partial charge in [-0.05, 0) is 116 Å². The predicted octanol–water partition coefficient (Wildman–Crippen LogP) is 19.0. The quantitative estimate of drug-likeness (QED) is 0.0346. The second kappa shape index (κ2) is 56.1. The maximum Gasteiger partial charge on any atom is 0.306 e. The van der Waals surface area contributed by atoms with Crippen molar-refractivity contribution in [2.24, 2.45) is 0 Å². The second-order valence-electron chi connectivity index (χ2n) is 18.1. The van der Waals surface area contributed by atoms with Gasteiger partial charge in [0.25, 0.3) is 0 Å². The number of rotatable bonds is 50. The van der Waals surface area contributed by atoms with Gasteiger partial charge in [0, 0.05) is 19.4 Å². The number of esters is 2. The first kappa shape index (κ1) is 62.8. The van der Waals surface area contributed by atoms with E-state index in [-0.39, 0.29) is 25.2 Å². The molecule has 0 fully saturated rings. The summed E-state index contributed by atoms with van der Waals surface area (Å²) in [5.41, 5.74) is 0. The molecular weight excluding hydrogens is 813 g/mol. The van der Waals surface area contributed by atoms with Crippen LogP contribution in [0.4, 0.5) is 0 Å². The molecule has 1 unspecified atom stereocenters. The third kappa shape index (κ3) is 53.4. The van der Waals surface area contributed by atoms with Crippen molar-refractivity contribution in [3.63, 3.8) is 0 Å². The van der Waals surface area contributed by atoms with Crippen LogP contribution in [-0.2, 0) is 23.8 Å². The first-order chi connectivity index (χ1) is 32.6. The van der Waals surface area contributed by atoms with Crippen molar-refractivity contribution >= 4 is 11.9 Å². The SMILES string of the molecule is CC/C=C\C/C=C\C/C=C\CCCCCCCCCCOCC(COC(=O)CCCCCCCCCCC/C=C\C/C=C\CCCCC)OC(=O)CCCCC/C=C\C/C=C\C/C=C\CC. The van der Waals surface area contributed by atoms with Crippen LogP contribution >= 0.6 is 0 Å². The van der Waals surface area contributed by atoms with Crippen molar-refractivity contribution in [1.82, 2.24) is 0 Å². The number of allylic oxidation sites excluding steroid dienone is 16. The van der Waals surface area contributed by atoms with E-state index in [1.807, 2.05) is 0 Å². The summed E-state index contributed by atoms with van der Waals surface area (Å²) in [6.45, 7) is 7.54. The van der Waals surface area contributed by atoms with Crippen molar-refractivity contribution in [3.05, 3.63) is 97.2 Å². The van der Waals surface area contributed by atoms with Crippen LogP contribution in [0.2, 0.25) is 0 Å². The normalized spacial score (nSPS) is 13.0. The average Bonchev–Trinajstić information content (AvgIpc) is 3.32. The topological polar surface area (TPSA) is 61.8 Å². The van der Waals surface area contributed by atoms with Gasteiger partial charge in [0.15, 0.2) is 6.10 Å². The van der Waals surface area contributed by atoms with Crippen LogP contribution in [0.1, 0.15) is 252 Å². The fraction of sp³-hybridized carbons (Fsp3) is 0.705. The van der Waals surface area contributed by atoms with Gasteiger partial charge in [-0.3, -0.25) is 9.59 Å². The van der Waals surface area contributed by atoms with E-state index in [0.717, 1.165) is 103 Å².